The Balaban J connectivity index is 2.63. The maximum atomic E-state index is 13.7. The number of benzene rings is 2. The molecule has 0 saturated carbocycles. The Morgan fingerprint density at radius 2 is 1.82 bits per heavy atom. The number of carbonyl (C=O) groups excluding carboxylic acids is 1. The van der Waals surface area contributed by atoms with Crippen LogP contribution in [0.25, 0.3) is 11.1 Å². The molecule has 17 heavy (non-hydrogen) atoms. The number of Topliss-reactive ketones (excluding diaryl/α,β-unsaturated/α-hetero) is 1. The van der Waals surface area contributed by atoms with Crippen LogP contribution in [-0.2, 0) is 0 Å². The lowest BCUT2D eigenvalue weighted by atomic mass is 10.0. The number of halogens is 1. The molecule has 0 aromatic heterocycles. The van der Waals surface area contributed by atoms with E-state index in [4.69, 9.17) is 0 Å². The van der Waals surface area contributed by atoms with Crippen LogP contribution in [0.15, 0.2) is 42.5 Å². The van der Waals surface area contributed by atoms with Crippen molar-refractivity contribution in [3.63, 3.8) is 0 Å². The van der Waals surface area contributed by atoms with Gasteiger partial charge in [-0.1, -0.05) is 30.3 Å². The van der Waals surface area contributed by atoms with Crippen molar-refractivity contribution in [3.8, 4) is 16.9 Å². The molecule has 0 bridgehead atoms. The Hall–Kier alpha value is -2.16. The maximum absolute atomic E-state index is 13.7. The SMILES string of the molecule is CC(=O)c1cc(-c2ccccc2)c(F)cc1O. The van der Waals surface area contributed by atoms with Crippen LogP contribution in [0, 0.1) is 5.82 Å². The van der Waals surface area contributed by atoms with E-state index in [2.05, 4.69) is 0 Å². The highest BCUT2D eigenvalue weighted by molar-refractivity contribution is 5.98. The van der Waals surface area contributed by atoms with Crippen molar-refractivity contribution >= 4 is 5.78 Å². The van der Waals surface area contributed by atoms with Crippen LogP contribution >= 0.6 is 0 Å². The first-order valence-corrected chi connectivity index (χ1v) is 5.18. The summed E-state index contributed by atoms with van der Waals surface area (Å²) >= 11 is 0. The third-order valence-electron chi connectivity index (χ3n) is 2.55. The third-order valence-corrected chi connectivity index (χ3v) is 2.55. The minimum Gasteiger partial charge on any atom is -0.507 e. The maximum Gasteiger partial charge on any atom is 0.163 e. The molecule has 2 rings (SSSR count). The molecule has 0 saturated heterocycles. The monoisotopic (exact) mass is 230 g/mol. The molecule has 0 amide bonds. The second-order valence-electron chi connectivity index (χ2n) is 3.77. The summed E-state index contributed by atoms with van der Waals surface area (Å²) in [6.45, 7) is 1.34. The topological polar surface area (TPSA) is 37.3 Å². The molecule has 0 radical (unpaired) electrons. The number of phenols is 1. The standard InChI is InChI=1S/C14H11FO2/c1-9(16)11-7-12(13(15)8-14(11)17)10-5-3-2-4-6-10/h2-8,17H,1H3. The second-order valence-corrected chi connectivity index (χ2v) is 3.77. The summed E-state index contributed by atoms with van der Waals surface area (Å²) in [4.78, 5) is 11.3. The Kier molecular flexibility index (Phi) is 2.91. The molecule has 0 aliphatic carbocycles. The minimum absolute atomic E-state index is 0.130. The molecule has 0 aliphatic heterocycles. The van der Waals surface area contributed by atoms with Crippen LogP contribution in [-0.4, -0.2) is 10.9 Å². The smallest absolute Gasteiger partial charge is 0.163 e. The van der Waals surface area contributed by atoms with Gasteiger partial charge in [-0.05, 0) is 18.6 Å². The first kappa shape index (κ1) is 11.3. The Morgan fingerprint density at radius 3 is 2.41 bits per heavy atom. The van der Waals surface area contributed by atoms with Crippen molar-refractivity contribution in [2.45, 2.75) is 6.92 Å². The first-order chi connectivity index (χ1) is 8.09. The number of ketones is 1. The molecule has 3 heteroatoms. The van der Waals surface area contributed by atoms with Crippen LogP contribution < -0.4 is 0 Å². The van der Waals surface area contributed by atoms with Crippen molar-refractivity contribution < 1.29 is 14.3 Å². The summed E-state index contributed by atoms with van der Waals surface area (Å²) in [5, 5.41) is 9.47. The molecule has 1 N–H and O–H groups in total. The molecule has 0 unspecified atom stereocenters. The van der Waals surface area contributed by atoms with Gasteiger partial charge in [0.2, 0.25) is 0 Å². The van der Waals surface area contributed by atoms with Gasteiger partial charge in [-0.15, -0.1) is 0 Å². The van der Waals surface area contributed by atoms with Gasteiger partial charge in [0.15, 0.2) is 5.78 Å². The van der Waals surface area contributed by atoms with Crippen molar-refractivity contribution in [2.75, 3.05) is 0 Å². The van der Waals surface area contributed by atoms with Crippen LogP contribution in [0.1, 0.15) is 17.3 Å². The Bertz CT molecular complexity index is 562. The first-order valence-electron chi connectivity index (χ1n) is 5.18. The number of hydrogen-bond acceptors (Lipinski definition) is 2. The van der Waals surface area contributed by atoms with Crippen molar-refractivity contribution in [1.29, 1.82) is 0 Å². The van der Waals surface area contributed by atoms with Crippen LogP contribution in [0.4, 0.5) is 4.39 Å². The summed E-state index contributed by atoms with van der Waals surface area (Å²) in [7, 11) is 0. The van der Waals surface area contributed by atoms with Gasteiger partial charge in [0.05, 0.1) is 5.56 Å². The largest absolute Gasteiger partial charge is 0.507 e. The third kappa shape index (κ3) is 2.18. The van der Waals surface area contributed by atoms with Gasteiger partial charge >= 0.3 is 0 Å². The van der Waals surface area contributed by atoms with Gasteiger partial charge in [0.25, 0.3) is 0 Å². The predicted octanol–water partition coefficient (Wildman–Crippen LogP) is 3.40. The Morgan fingerprint density at radius 1 is 1.18 bits per heavy atom. The van der Waals surface area contributed by atoms with Crippen LogP contribution in [0.3, 0.4) is 0 Å². The van der Waals surface area contributed by atoms with Crippen molar-refractivity contribution in [3.05, 3.63) is 53.8 Å². The van der Waals surface area contributed by atoms with E-state index in [1.165, 1.54) is 13.0 Å². The molecule has 0 atom stereocenters. The van der Waals surface area contributed by atoms with Gasteiger partial charge in [-0.3, -0.25) is 4.79 Å². The fourth-order valence-electron chi connectivity index (χ4n) is 1.68. The van der Waals surface area contributed by atoms with E-state index < -0.39 is 5.82 Å². The van der Waals surface area contributed by atoms with Crippen molar-refractivity contribution in [1.82, 2.24) is 0 Å². The van der Waals surface area contributed by atoms with E-state index in [-0.39, 0.29) is 17.1 Å². The van der Waals surface area contributed by atoms with Crippen LogP contribution in [0.5, 0.6) is 5.75 Å². The zero-order chi connectivity index (χ0) is 12.4. The summed E-state index contributed by atoms with van der Waals surface area (Å²) in [6, 6.07) is 11.2. The quantitative estimate of drug-likeness (QED) is 0.803. The zero-order valence-electron chi connectivity index (χ0n) is 9.27. The van der Waals surface area contributed by atoms with Gasteiger partial charge in [-0.2, -0.15) is 0 Å². The molecule has 0 heterocycles. The fourth-order valence-corrected chi connectivity index (χ4v) is 1.68. The molecule has 0 aliphatic rings. The highest BCUT2D eigenvalue weighted by atomic mass is 19.1. The fraction of sp³-hybridized carbons (Fsp3) is 0.0714. The highest BCUT2D eigenvalue weighted by Gasteiger charge is 2.13. The predicted molar refractivity (Wildman–Crippen MR) is 63.5 cm³/mol. The number of aromatic hydroxyl groups is 1. The van der Waals surface area contributed by atoms with E-state index >= 15 is 0 Å². The molecule has 2 aromatic rings. The van der Waals surface area contributed by atoms with E-state index in [0.29, 0.717) is 11.1 Å². The number of rotatable bonds is 2. The summed E-state index contributed by atoms with van der Waals surface area (Å²) in [5.41, 5.74) is 1.12. The molecular formula is C14H11FO2. The van der Waals surface area contributed by atoms with E-state index in [9.17, 15) is 14.3 Å². The lowest BCUT2D eigenvalue weighted by Gasteiger charge is -2.07. The molecule has 2 nitrogen and oxygen atoms in total. The Labute approximate surface area is 98.3 Å². The molecule has 0 fully saturated rings. The average molecular weight is 230 g/mol. The number of carbonyl (C=O) groups is 1. The van der Waals surface area contributed by atoms with Crippen LogP contribution in [0.2, 0.25) is 0 Å². The lowest BCUT2D eigenvalue weighted by molar-refractivity contribution is 0.101. The van der Waals surface area contributed by atoms with E-state index in [0.717, 1.165) is 6.07 Å². The summed E-state index contributed by atoms with van der Waals surface area (Å²) in [6.07, 6.45) is 0. The van der Waals surface area contributed by atoms with E-state index in [1.807, 2.05) is 6.07 Å². The van der Waals surface area contributed by atoms with Gasteiger partial charge in [-0.25, -0.2) is 4.39 Å². The minimum atomic E-state index is -0.543. The zero-order valence-corrected chi connectivity index (χ0v) is 9.27. The summed E-state index contributed by atoms with van der Waals surface area (Å²) < 4.78 is 13.7. The molecule has 2 aromatic carbocycles. The van der Waals surface area contributed by atoms with Crippen molar-refractivity contribution in [2.24, 2.45) is 0 Å². The number of phenolic OH excluding ortho intramolecular Hbond substituents is 1. The van der Waals surface area contributed by atoms with Gasteiger partial charge in [0, 0.05) is 11.6 Å². The molecule has 0 spiro atoms. The molecule has 86 valence electrons. The summed E-state index contributed by atoms with van der Waals surface area (Å²) in [5.74, 6) is -1.16. The second kappa shape index (κ2) is 4.37. The lowest BCUT2D eigenvalue weighted by Crippen LogP contribution is -1.95. The average Bonchev–Trinajstić information content (AvgIpc) is 2.29. The highest BCUT2D eigenvalue weighted by Crippen LogP contribution is 2.29. The number of hydrogen-bond donors (Lipinski definition) is 1. The normalized spacial score (nSPS) is 10.2. The molecular weight excluding hydrogens is 219 g/mol. The van der Waals surface area contributed by atoms with Gasteiger partial charge < -0.3 is 5.11 Å². The van der Waals surface area contributed by atoms with Gasteiger partial charge in [0.1, 0.15) is 11.6 Å². The van der Waals surface area contributed by atoms with E-state index in [1.54, 1.807) is 24.3 Å².